The van der Waals surface area contributed by atoms with E-state index in [2.05, 4.69) is 5.32 Å². The smallest absolute Gasteiger partial charge is 0.343 e. The second-order valence-electron chi connectivity index (χ2n) is 7.33. The molecule has 9 nitrogen and oxygen atoms in total. The maximum atomic E-state index is 13.1. The monoisotopic (exact) mass is 493 g/mol. The molecule has 0 radical (unpaired) electrons. The van der Waals surface area contributed by atoms with Crippen molar-refractivity contribution in [2.75, 3.05) is 30.2 Å². The van der Waals surface area contributed by atoms with E-state index in [0.717, 1.165) is 4.90 Å². The van der Waals surface area contributed by atoms with Crippen LogP contribution < -0.4 is 30.2 Å². The minimum absolute atomic E-state index is 0.112. The second-order valence-corrected chi connectivity index (χ2v) is 7.71. The Labute approximate surface area is 205 Å². The highest BCUT2D eigenvalue weighted by atomic mass is 35.5. The first-order valence-corrected chi connectivity index (χ1v) is 10.7. The number of hydrogen-bond donors (Lipinski definition) is 2. The molecule has 0 spiro atoms. The number of methoxy groups -OCH3 is 2. The molecule has 0 bridgehead atoms. The first-order valence-electron chi connectivity index (χ1n) is 10.3. The first kappa shape index (κ1) is 23.7. The van der Waals surface area contributed by atoms with Crippen LogP contribution in [-0.2, 0) is 9.59 Å². The summed E-state index contributed by atoms with van der Waals surface area (Å²) < 4.78 is 15.8. The molecule has 0 saturated heterocycles. The van der Waals surface area contributed by atoms with Gasteiger partial charge < -0.3 is 25.3 Å². The van der Waals surface area contributed by atoms with Gasteiger partial charge in [-0.05, 0) is 60.7 Å². The molecular weight excluding hydrogens is 474 g/mol. The molecule has 10 heteroatoms. The molecule has 0 fully saturated rings. The third-order valence-corrected chi connectivity index (χ3v) is 5.49. The van der Waals surface area contributed by atoms with E-state index >= 15 is 0 Å². The molecule has 1 aliphatic rings. The largest absolute Gasteiger partial charge is 0.497 e. The van der Waals surface area contributed by atoms with Gasteiger partial charge in [0.1, 0.15) is 28.0 Å². The number of nitrogens with two attached hydrogens (primary N) is 1. The molecule has 0 aliphatic carbocycles. The summed E-state index contributed by atoms with van der Waals surface area (Å²) >= 11 is 6.22. The Morgan fingerprint density at radius 3 is 2.17 bits per heavy atom. The van der Waals surface area contributed by atoms with Gasteiger partial charge in [0.15, 0.2) is 0 Å². The van der Waals surface area contributed by atoms with Crippen molar-refractivity contribution in [1.82, 2.24) is 0 Å². The van der Waals surface area contributed by atoms with E-state index in [1.54, 1.807) is 48.5 Å². The number of hydrogen-bond acceptors (Lipinski definition) is 8. The maximum Gasteiger partial charge on any atom is 0.343 e. The van der Waals surface area contributed by atoms with Crippen LogP contribution in [0.3, 0.4) is 0 Å². The number of imide groups is 1. The quantitative estimate of drug-likeness (QED) is 0.220. The highest BCUT2D eigenvalue weighted by Crippen LogP contribution is 2.38. The number of carbonyl (C=O) groups is 3. The Kier molecular flexibility index (Phi) is 6.61. The molecule has 178 valence electrons. The molecule has 1 heterocycles. The number of ether oxygens (including phenoxy) is 3. The zero-order valence-corrected chi connectivity index (χ0v) is 19.5. The van der Waals surface area contributed by atoms with E-state index in [1.165, 1.54) is 32.4 Å². The summed E-state index contributed by atoms with van der Waals surface area (Å²) in [6, 6.07) is 17.3. The zero-order valence-electron chi connectivity index (χ0n) is 18.7. The molecule has 0 saturated carbocycles. The van der Waals surface area contributed by atoms with Crippen LogP contribution in [0.15, 0.2) is 77.5 Å². The highest BCUT2D eigenvalue weighted by Gasteiger charge is 2.40. The van der Waals surface area contributed by atoms with Crippen LogP contribution in [0.1, 0.15) is 10.4 Å². The fourth-order valence-corrected chi connectivity index (χ4v) is 3.55. The third-order valence-electron chi connectivity index (χ3n) is 5.13. The van der Waals surface area contributed by atoms with E-state index in [0.29, 0.717) is 28.6 Å². The number of rotatable bonds is 7. The number of halogens is 1. The van der Waals surface area contributed by atoms with Gasteiger partial charge in [0, 0.05) is 17.4 Å². The van der Waals surface area contributed by atoms with Gasteiger partial charge in [0.05, 0.1) is 25.5 Å². The van der Waals surface area contributed by atoms with Crippen molar-refractivity contribution < 1.29 is 28.6 Å². The average Bonchev–Trinajstić information content (AvgIpc) is 3.08. The lowest BCUT2D eigenvalue weighted by Crippen LogP contribution is -2.32. The van der Waals surface area contributed by atoms with Crippen molar-refractivity contribution in [3.63, 3.8) is 0 Å². The number of anilines is 3. The SMILES string of the molecule is COc1ccc(OC)c(N2C(=O)C(Cl)=C(Nc3ccc(C(=O)Oc4ccc(N)cc4)cc3)C2=O)c1. The highest BCUT2D eigenvalue weighted by molar-refractivity contribution is 6.53. The number of nitrogens with zero attached hydrogens (tertiary/aromatic N) is 1. The van der Waals surface area contributed by atoms with E-state index in [-0.39, 0.29) is 22.0 Å². The van der Waals surface area contributed by atoms with Crippen molar-refractivity contribution in [1.29, 1.82) is 0 Å². The summed E-state index contributed by atoms with van der Waals surface area (Å²) in [5, 5.41) is 2.57. The van der Waals surface area contributed by atoms with Crippen LogP contribution in [0.5, 0.6) is 17.2 Å². The number of amides is 2. The van der Waals surface area contributed by atoms with Crippen molar-refractivity contribution in [2.45, 2.75) is 0 Å². The van der Waals surface area contributed by atoms with Gasteiger partial charge in [0.2, 0.25) is 0 Å². The van der Waals surface area contributed by atoms with Gasteiger partial charge >= 0.3 is 5.97 Å². The Morgan fingerprint density at radius 1 is 0.886 bits per heavy atom. The molecule has 3 aromatic rings. The maximum absolute atomic E-state index is 13.1. The average molecular weight is 494 g/mol. The molecule has 1 aliphatic heterocycles. The van der Waals surface area contributed by atoms with E-state index in [9.17, 15) is 14.4 Å². The molecule has 0 aromatic heterocycles. The minimum Gasteiger partial charge on any atom is -0.497 e. The van der Waals surface area contributed by atoms with E-state index in [4.69, 9.17) is 31.5 Å². The molecular formula is C25H20ClN3O6. The van der Waals surface area contributed by atoms with Gasteiger partial charge in [-0.1, -0.05) is 11.6 Å². The van der Waals surface area contributed by atoms with Crippen molar-refractivity contribution in [3.8, 4) is 17.2 Å². The zero-order chi connectivity index (χ0) is 25.1. The first-order chi connectivity index (χ1) is 16.8. The minimum atomic E-state index is -0.714. The lowest BCUT2D eigenvalue weighted by molar-refractivity contribution is -0.120. The summed E-state index contributed by atoms with van der Waals surface area (Å²) in [5.74, 6) is -0.871. The van der Waals surface area contributed by atoms with Gasteiger partial charge in [-0.2, -0.15) is 0 Å². The Bertz CT molecular complexity index is 1340. The van der Waals surface area contributed by atoms with Gasteiger partial charge in [-0.3, -0.25) is 9.59 Å². The van der Waals surface area contributed by atoms with Crippen LogP contribution >= 0.6 is 11.6 Å². The molecule has 2 amide bonds. The third kappa shape index (κ3) is 4.75. The van der Waals surface area contributed by atoms with Gasteiger partial charge in [-0.25, -0.2) is 9.69 Å². The van der Waals surface area contributed by atoms with E-state index in [1.807, 2.05) is 0 Å². The standard InChI is InChI=1S/C25H20ClN3O6/c1-33-18-11-12-20(34-2)19(13-18)29-23(30)21(26)22(24(29)31)28-16-7-3-14(4-8-16)25(32)35-17-9-5-15(27)6-10-17/h3-13,28H,27H2,1-2H3. The van der Waals surface area contributed by atoms with Crippen LogP contribution in [0.2, 0.25) is 0 Å². The molecule has 3 N–H and O–H groups in total. The van der Waals surface area contributed by atoms with Crippen LogP contribution in [0.25, 0.3) is 0 Å². The summed E-state index contributed by atoms with van der Waals surface area (Å²) in [7, 11) is 2.89. The topological polar surface area (TPSA) is 120 Å². The number of esters is 1. The summed E-state index contributed by atoms with van der Waals surface area (Å²) in [4.78, 5) is 39.2. The van der Waals surface area contributed by atoms with Crippen LogP contribution in [0.4, 0.5) is 17.1 Å². The second kappa shape index (κ2) is 9.78. The summed E-state index contributed by atoms with van der Waals surface area (Å²) in [5.41, 5.74) is 6.98. The predicted octanol–water partition coefficient (Wildman–Crippen LogP) is 3.94. The number of nitrogen functional groups attached to an aromatic ring is 1. The summed E-state index contributed by atoms with van der Waals surface area (Å²) in [6.45, 7) is 0. The molecule has 3 aromatic carbocycles. The van der Waals surface area contributed by atoms with Gasteiger partial charge in [0.25, 0.3) is 11.8 Å². The Morgan fingerprint density at radius 2 is 1.54 bits per heavy atom. The lowest BCUT2D eigenvalue weighted by atomic mass is 10.2. The van der Waals surface area contributed by atoms with Crippen molar-refractivity contribution >= 4 is 46.4 Å². The fourth-order valence-electron chi connectivity index (χ4n) is 3.34. The Hall–Kier alpha value is -4.50. The van der Waals surface area contributed by atoms with Gasteiger partial charge in [-0.15, -0.1) is 0 Å². The van der Waals surface area contributed by atoms with Crippen molar-refractivity contribution in [3.05, 3.63) is 83.0 Å². The van der Waals surface area contributed by atoms with Crippen molar-refractivity contribution in [2.24, 2.45) is 0 Å². The Balaban J connectivity index is 1.51. The lowest BCUT2D eigenvalue weighted by Gasteiger charge is -2.19. The van der Waals surface area contributed by atoms with Crippen LogP contribution in [0, 0.1) is 0 Å². The predicted molar refractivity (Wildman–Crippen MR) is 131 cm³/mol. The number of benzene rings is 3. The molecule has 0 atom stereocenters. The molecule has 0 unspecified atom stereocenters. The summed E-state index contributed by atoms with van der Waals surface area (Å²) in [6.07, 6.45) is 0. The van der Waals surface area contributed by atoms with Crippen LogP contribution in [-0.4, -0.2) is 32.0 Å². The number of nitrogens with one attached hydrogen (secondary N) is 1. The normalized spacial score (nSPS) is 13.2. The fraction of sp³-hybridized carbons (Fsp3) is 0.0800. The molecule has 4 rings (SSSR count). The van der Waals surface area contributed by atoms with E-state index < -0.39 is 17.8 Å². The molecule has 35 heavy (non-hydrogen) atoms. The number of carbonyl (C=O) groups excluding carboxylic acids is 3.